The van der Waals surface area contributed by atoms with Gasteiger partial charge in [-0.2, -0.15) is 11.8 Å². The van der Waals surface area contributed by atoms with E-state index in [9.17, 15) is 43.5 Å². The van der Waals surface area contributed by atoms with Gasteiger partial charge in [-0.1, -0.05) is 18.6 Å². The van der Waals surface area contributed by atoms with Gasteiger partial charge in [-0.05, 0) is 56.6 Å². The number of aliphatic carboxylic acids is 1. The van der Waals surface area contributed by atoms with Crippen molar-refractivity contribution in [2.24, 2.45) is 5.73 Å². The summed E-state index contributed by atoms with van der Waals surface area (Å²) < 4.78 is 5.26. The van der Waals surface area contributed by atoms with Crippen LogP contribution in [0, 0.1) is 0 Å². The number of nitrogens with two attached hydrogens (primary N) is 1. The number of unbranched alkanes of at least 4 members (excludes halogenated alkanes) is 2. The van der Waals surface area contributed by atoms with Gasteiger partial charge in [0.1, 0.15) is 18.7 Å². The van der Waals surface area contributed by atoms with E-state index >= 15 is 0 Å². The number of anilines is 1. The molecule has 0 saturated carbocycles. The van der Waals surface area contributed by atoms with Gasteiger partial charge in [-0.3, -0.25) is 38.5 Å². The van der Waals surface area contributed by atoms with E-state index < -0.39 is 60.0 Å². The molecule has 7 amide bonds. The van der Waals surface area contributed by atoms with E-state index in [2.05, 4.69) is 21.3 Å². The van der Waals surface area contributed by atoms with Crippen LogP contribution in [0.5, 0.6) is 0 Å². The molecule has 3 atom stereocenters. The summed E-state index contributed by atoms with van der Waals surface area (Å²) in [6.45, 7) is 2.07. The second-order valence-corrected chi connectivity index (χ2v) is 12.0. The Morgan fingerprint density at radius 2 is 1.58 bits per heavy atom. The van der Waals surface area contributed by atoms with Crippen LogP contribution in [0.25, 0.3) is 0 Å². The number of imide groups is 1. The molecule has 1 aliphatic rings. The average Bonchev–Trinajstić information content (AvgIpc) is 3.36. The lowest BCUT2D eigenvalue weighted by atomic mass is 10.1. The second kappa shape index (κ2) is 20.3. The second-order valence-electron chi connectivity index (χ2n) is 10.9. The highest BCUT2D eigenvalue weighted by Crippen LogP contribution is 2.14. The summed E-state index contributed by atoms with van der Waals surface area (Å²) in [6, 6.07) is 3.02. The molecule has 0 spiro atoms. The van der Waals surface area contributed by atoms with Crippen LogP contribution >= 0.6 is 11.8 Å². The van der Waals surface area contributed by atoms with E-state index in [1.54, 1.807) is 37.4 Å². The van der Waals surface area contributed by atoms with Crippen molar-refractivity contribution in [2.45, 2.75) is 75.8 Å². The van der Waals surface area contributed by atoms with Crippen molar-refractivity contribution in [1.82, 2.24) is 20.9 Å². The molecule has 0 saturated heterocycles. The zero-order valence-electron chi connectivity index (χ0n) is 26.8. The number of hydrogen-bond acceptors (Lipinski definition) is 10. The smallest absolute Gasteiger partial charge is 0.319 e. The zero-order chi connectivity index (χ0) is 35.6. The highest BCUT2D eigenvalue weighted by molar-refractivity contribution is 7.99. The van der Waals surface area contributed by atoms with Crippen LogP contribution < -0.4 is 27.0 Å². The molecule has 1 unspecified atom stereocenters. The van der Waals surface area contributed by atoms with Crippen molar-refractivity contribution in [2.75, 3.05) is 24.7 Å². The average molecular weight is 691 g/mol. The van der Waals surface area contributed by atoms with Crippen LogP contribution in [0.1, 0.15) is 57.4 Å². The molecule has 0 fully saturated rings. The van der Waals surface area contributed by atoms with E-state index in [1.165, 1.54) is 23.9 Å². The normalized spacial score (nSPS) is 14.1. The lowest BCUT2D eigenvalue weighted by Gasteiger charge is -2.23. The molecule has 0 aliphatic carbocycles. The maximum Gasteiger partial charge on any atom is 0.319 e. The first-order chi connectivity index (χ1) is 22.8. The molecule has 1 heterocycles. The number of carboxylic acids is 1. The number of carbonyl (C=O) groups excluding carboxylic acids is 7. The maximum atomic E-state index is 13.2. The van der Waals surface area contributed by atoms with Crippen molar-refractivity contribution < 1.29 is 48.2 Å². The molecule has 16 nitrogen and oxygen atoms in total. The third kappa shape index (κ3) is 14.2. The van der Waals surface area contributed by atoms with Crippen LogP contribution in [0.4, 0.5) is 10.5 Å². The molecule has 1 aromatic carbocycles. The number of amides is 7. The molecular formula is C31H42N6O10S. The van der Waals surface area contributed by atoms with Crippen molar-refractivity contribution >= 4 is 65.0 Å². The van der Waals surface area contributed by atoms with Gasteiger partial charge >= 0.3 is 18.0 Å². The van der Waals surface area contributed by atoms with Crippen molar-refractivity contribution in [3.8, 4) is 0 Å². The van der Waals surface area contributed by atoms with E-state index in [-0.39, 0.29) is 50.2 Å². The van der Waals surface area contributed by atoms with Gasteiger partial charge in [0.05, 0.1) is 11.7 Å². The van der Waals surface area contributed by atoms with E-state index in [1.807, 2.05) is 0 Å². The Balaban J connectivity index is 1.98. The topological polar surface area (TPSA) is 243 Å². The minimum Gasteiger partial charge on any atom is -0.481 e. The van der Waals surface area contributed by atoms with Crippen LogP contribution in [0.2, 0.25) is 0 Å². The zero-order valence-corrected chi connectivity index (χ0v) is 27.6. The summed E-state index contributed by atoms with van der Waals surface area (Å²) in [5.74, 6) is -4.64. The fraction of sp³-hybridized carbons (Fsp3) is 0.484. The lowest BCUT2D eigenvalue weighted by molar-refractivity contribution is -0.144. The Kier molecular flexibility index (Phi) is 16.6. The van der Waals surface area contributed by atoms with Crippen LogP contribution in [-0.4, -0.2) is 94.2 Å². The third-order valence-corrected chi connectivity index (χ3v) is 8.01. The number of carbonyl (C=O) groups is 8. The fourth-order valence-corrected chi connectivity index (χ4v) is 4.64. The number of rotatable bonds is 21. The van der Waals surface area contributed by atoms with Gasteiger partial charge in [-0.15, -0.1) is 0 Å². The maximum absolute atomic E-state index is 13.2. The number of primary amides is 1. The summed E-state index contributed by atoms with van der Waals surface area (Å²) in [6.07, 6.45) is 4.93. The first-order valence-corrected chi connectivity index (χ1v) is 16.6. The van der Waals surface area contributed by atoms with Crippen molar-refractivity contribution in [3.05, 3.63) is 42.0 Å². The standard InChI is InChI=1S/C31H42N6O10S/c1-19(48-2)30(45)47-18-20-9-11-21(12-10-20)34-28(43)22(7-6-15-33-31(32)46)36-29(44)23(17-27(41)42)35-24(38)8-4-3-5-16-37-25(39)13-14-26(37)40/h9-14,19,22-23H,3-8,15-18H2,1-2H3,(H,34,43)(H,35,38)(H,36,44)(H,41,42)(H3,32,33,46)/t19?,22-,23-/m0/s1. The molecule has 0 aromatic heterocycles. The summed E-state index contributed by atoms with van der Waals surface area (Å²) in [7, 11) is 0. The predicted octanol–water partition coefficient (Wildman–Crippen LogP) is 0.798. The number of hydrogen-bond donors (Lipinski definition) is 6. The molecule has 262 valence electrons. The fourth-order valence-electron chi connectivity index (χ4n) is 4.37. The molecule has 1 aliphatic heterocycles. The van der Waals surface area contributed by atoms with Crippen LogP contribution in [0.3, 0.4) is 0 Å². The van der Waals surface area contributed by atoms with E-state index in [0.29, 0.717) is 30.5 Å². The van der Waals surface area contributed by atoms with Gasteiger partial charge < -0.3 is 36.8 Å². The van der Waals surface area contributed by atoms with Gasteiger partial charge in [0.25, 0.3) is 11.8 Å². The molecule has 0 radical (unpaired) electrons. The van der Waals surface area contributed by atoms with Crippen molar-refractivity contribution in [3.63, 3.8) is 0 Å². The first-order valence-electron chi connectivity index (χ1n) is 15.3. The van der Waals surface area contributed by atoms with E-state index in [0.717, 1.165) is 4.90 Å². The summed E-state index contributed by atoms with van der Waals surface area (Å²) in [4.78, 5) is 97.8. The quantitative estimate of drug-likeness (QED) is 0.0598. The Morgan fingerprint density at radius 1 is 0.917 bits per heavy atom. The molecule has 17 heteroatoms. The Labute approximate surface area is 281 Å². The number of carboxylic acid groups (broad SMARTS) is 1. The summed E-state index contributed by atoms with van der Waals surface area (Å²) in [5.41, 5.74) is 6.14. The molecule has 2 rings (SSSR count). The van der Waals surface area contributed by atoms with Gasteiger partial charge in [0, 0.05) is 37.3 Å². The highest BCUT2D eigenvalue weighted by atomic mass is 32.2. The third-order valence-electron chi connectivity index (χ3n) is 7.11. The van der Waals surface area contributed by atoms with Gasteiger partial charge in [0.15, 0.2) is 0 Å². The van der Waals surface area contributed by atoms with Crippen LogP contribution in [-0.2, 0) is 44.9 Å². The van der Waals surface area contributed by atoms with Gasteiger partial charge in [-0.25, -0.2) is 4.79 Å². The van der Waals surface area contributed by atoms with E-state index in [4.69, 9.17) is 10.5 Å². The minimum absolute atomic E-state index is 0.0325. The number of nitrogens with zero attached hydrogens (tertiary/aromatic N) is 1. The monoisotopic (exact) mass is 690 g/mol. The van der Waals surface area contributed by atoms with Gasteiger partial charge in [0.2, 0.25) is 17.7 Å². The molecular weight excluding hydrogens is 648 g/mol. The summed E-state index contributed by atoms with van der Waals surface area (Å²) in [5, 5.41) is 19.0. The van der Waals surface area contributed by atoms with Crippen LogP contribution in [0.15, 0.2) is 36.4 Å². The number of urea groups is 1. The number of esters is 1. The molecule has 0 bridgehead atoms. The molecule has 48 heavy (non-hydrogen) atoms. The highest BCUT2D eigenvalue weighted by Gasteiger charge is 2.29. The lowest BCUT2D eigenvalue weighted by Crippen LogP contribution is -2.53. The molecule has 1 aromatic rings. The number of thioether (sulfide) groups is 1. The Bertz CT molecular complexity index is 1350. The first kappa shape index (κ1) is 39.2. The Morgan fingerprint density at radius 3 is 2.19 bits per heavy atom. The van der Waals surface area contributed by atoms with Crippen molar-refractivity contribution in [1.29, 1.82) is 0 Å². The summed E-state index contributed by atoms with van der Waals surface area (Å²) >= 11 is 1.36. The predicted molar refractivity (Wildman–Crippen MR) is 175 cm³/mol. The molecule has 7 N–H and O–H groups in total. The largest absolute Gasteiger partial charge is 0.481 e. The SMILES string of the molecule is CSC(C)C(=O)OCc1ccc(NC(=O)[C@H](CCCNC(N)=O)NC(=O)[C@H](CC(=O)O)NC(=O)CCCCCN2C(=O)C=CC2=O)cc1. The number of benzene rings is 1. The Hall–Kier alpha value is -4.93. The minimum atomic E-state index is -1.49. The number of nitrogens with one attached hydrogen (secondary N) is 4. The number of ether oxygens (including phenoxy) is 1.